The lowest BCUT2D eigenvalue weighted by atomic mass is 10.1. The molecule has 0 unspecified atom stereocenters. The van der Waals surface area contributed by atoms with E-state index in [1.165, 1.54) is 0 Å². The van der Waals surface area contributed by atoms with E-state index in [1.807, 2.05) is 30.3 Å². The van der Waals surface area contributed by atoms with Crippen molar-refractivity contribution in [1.82, 2.24) is 4.90 Å². The zero-order valence-electron chi connectivity index (χ0n) is 13.4. The second-order valence-corrected chi connectivity index (χ2v) is 8.57. The van der Waals surface area contributed by atoms with Crippen molar-refractivity contribution in [2.24, 2.45) is 0 Å². The number of halogens is 1. The fourth-order valence-corrected chi connectivity index (χ4v) is 4.47. The van der Waals surface area contributed by atoms with Gasteiger partial charge in [-0.15, -0.1) is 0 Å². The van der Waals surface area contributed by atoms with Crippen molar-refractivity contribution in [2.45, 2.75) is 6.42 Å². The maximum Gasteiger partial charge on any atom is 0.232 e. The molecule has 5 nitrogen and oxygen atoms in total. The Morgan fingerprint density at radius 3 is 2.54 bits per heavy atom. The van der Waals surface area contributed by atoms with Gasteiger partial charge in [-0.1, -0.05) is 40.2 Å². The number of nitrogens with one attached hydrogen (secondary N) is 1. The molecule has 0 amide bonds. The highest BCUT2D eigenvalue weighted by atomic mass is 79.9. The number of anilines is 1. The van der Waals surface area contributed by atoms with E-state index in [4.69, 9.17) is 4.74 Å². The maximum atomic E-state index is 12.4. The van der Waals surface area contributed by atoms with Crippen molar-refractivity contribution >= 4 is 42.4 Å². The summed E-state index contributed by atoms with van der Waals surface area (Å²) in [5.74, 6) is 0.120. The van der Waals surface area contributed by atoms with Crippen LogP contribution in [-0.4, -0.2) is 51.9 Å². The van der Waals surface area contributed by atoms with E-state index in [1.54, 1.807) is 6.07 Å². The Kier molecular flexibility index (Phi) is 5.76. The van der Waals surface area contributed by atoms with Gasteiger partial charge in [0.25, 0.3) is 0 Å². The maximum absolute atomic E-state index is 12.4. The fraction of sp³-hybridized carbons (Fsp3) is 0.412. The lowest BCUT2D eigenvalue weighted by molar-refractivity contribution is 0.0381. The summed E-state index contributed by atoms with van der Waals surface area (Å²) in [6.07, 6.45) is 0.615. The smallest absolute Gasteiger partial charge is 0.232 e. The van der Waals surface area contributed by atoms with Gasteiger partial charge in [-0.3, -0.25) is 9.62 Å². The topological polar surface area (TPSA) is 58.6 Å². The molecule has 0 saturated carbocycles. The Balaban J connectivity index is 1.65. The van der Waals surface area contributed by atoms with Gasteiger partial charge in [0.2, 0.25) is 10.0 Å². The van der Waals surface area contributed by atoms with Gasteiger partial charge in [-0.2, -0.15) is 0 Å². The van der Waals surface area contributed by atoms with E-state index in [-0.39, 0.29) is 5.75 Å². The Morgan fingerprint density at radius 2 is 1.79 bits per heavy atom. The molecule has 1 saturated heterocycles. The lowest BCUT2D eigenvalue weighted by Gasteiger charge is -2.26. The van der Waals surface area contributed by atoms with E-state index in [2.05, 4.69) is 25.6 Å². The van der Waals surface area contributed by atoms with Crippen LogP contribution in [0.2, 0.25) is 0 Å². The molecule has 1 aliphatic rings. The van der Waals surface area contributed by atoms with Crippen molar-refractivity contribution in [1.29, 1.82) is 0 Å². The zero-order chi connectivity index (χ0) is 17.0. The van der Waals surface area contributed by atoms with Crippen molar-refractivity contribution in [3.05, 3.63) is 40.9 Å². The van der Waals surface area contributed by atoms with Gasteiger partial charge in [0.05, 0.1) is 24.7 Å². The third kappa shape index (κ3) is 4.47. The summed E-state index contributed by atoms with van der Waals surface area (Å²) in [5.41, 5.74) is 0.625. The number of morpholine rings is 1. The number of benzene rings is 2. The van der Waals surface area contributed by atoms with Crippen LogP contribution in [0.15, 0.2) is 40.9 Å². The van der Waals surface area contributed by atoms with E-state index >= 15 is 0 Å². The van der Waals surface area contributed by atoms with E-state index < -0.39 is 10.0 Å². The van der Waals surface area contributed by atoms with Crippen LogP contribution in [0.1, 0.15) is 6.42 Å². The number of hydrogen-bond donors (Lipinski definition) is 1. The molecule has 0 aromatic heterocycles. The number of ether oxygens (including phenoxy) is 1. The van der Waals surface area contributed by atoms with E-state index in [0.29, 0.717) is 12.1 Å². The Labute approximate surface area is 151 Å². The second kappa shape index (κ2) is 7.82. The van der Waals surface area contributed by atoms with Gasteiger partial charge >= 0.3 is 0 Å². The van der Waals surface area contributed by atoms with Crippen LogP contribution in [-0.2, 0) is 14.8 Å². The molecule has 3 rings (SSSR count). The Bertz CT molecular complexity index is 805. The van der Waals surface area contributed by atoms with Crippen LogP contribution < -0.4 is 4.72 Å². The number of fused-ring (bicyclic) bond motifs is 1. The molecule has 0 aliphatic carbocycles. The van der Waals surface area contributed by atoms with Crippen LogP contribution in [0.5, 0.6) is 0 Å². The molecular formula is C17H21BrN2O3S. The Morgan fingerprint density at radius 1 is 1.08 bits per heavy atom. The molecule has 1 heterocycles. The minimum Gasteiger partial charge on any atom is -0.379 e. The van der Waals surface area contributed by atoms with E-state index in [0.717, 1.165) is 48.1 Å². The quantitative estimate of drug-likeness (QED) is 0.791. The van der Waals surface area contributed by atoms with Gasteiger partial charge in [0.1, 0.15) is 0 Å². The zero-order valence-corrected chi connectivity index (χ0v) is 15.8. The molecule has 2 aromatic carbocycles. The molecule has 1 N–H and O–H groups in total. The summed E-state index contributed by atoms with van der Waals surface area (Å²) in [6, 6.07) is 11.4. The van der Waals surface area contributed by atoms with Crippen LogP contribution in [0.25, 0.3) is 10.8 Å². The average molecular weight is 413 g/mol. The highest BCUT2D eigenvalue weighted by molar-refractivity contribution is 9.10. The molecule has 0 radical (unpaired) electrons. The van der Waals surface area contributed by atoms with Crippen LogP contribution in [0, 0.1) is 0 Å². The van der Waals surface area contributed by atoms with Gasteiger partial charge in [-0.25, -0.2) is 8.42 Å². The lowest BCUT2D eigenvalue weighted by Crippen LogP contribution is -2.37. The molecule has 1 aliphatic heterocycles. The first-order chi connectivity index (χ1) is 11.6. The van der Waals surface area contributed by atoms with Crippen molar-refractivity contribution < 1.29 is 13.2 Å². The fourth-order valence-electron chi connectivity index (χ4n) is 2.87. The first-order valence-electron chi connectivity index (χ1n) is 8.03. The molecule has 7 heteroatoms. The minimum atomic E-state index is -3.36. The van der Waals surface area contributed by atoms with Crippen molar-refractivity contribution in [2.75, 3.05) is 43.3 Å². The summed E-state index contributed by atoms with van der Waals surface area (Å²) in [5, 5.41) is 1.88. The number of nitrogens with zero attached hydrogens (tertiary/aromatic N) is 1. The molecular weight excluding hydrogens is 392 g/mol. The molecule has 1 fully saturated rings. The summed E-state index contributed by atoms with van der Waals surface area (Å²) in [7, 11) is -3.36. The van der Waals surface area contributed by atoms with Crippen molar-refractivity contribution in [3.8, 4) is 0 Å². The van der Waals surface area contributed by atoms with Crippen LogP contribution in [0.4, 0.5) is 5.69 Å². The third-order valence-corrected chi connectivity index (χ3v) is 6.18. The third-order valence-electron chi connectivity index (χ3n) is 4.13. The summed E-state index contributed by atoms with van der Waals surface area (Å²) in [4.78, 5) is 2.24. The first-order valence-corrected chi connectivity index (χ1v) is 10.5. The molecule has 130 valence electrons. The molecule has 24 heavy (non-hydrogen) atoms. The summed E-state index contributed by atoms with van der Waals surface area (Å²) in [6.45, 7) is 4.01. The molecule has 0 atom stereocenters. The highest BCUT2D eigenvalue weighted by Crippen LogP contribution is 2.30. The Hall–Kier alpha value is -1.15. The van der Waals surface area contributed by atoms with Crippen molar-refractivity contribution in [3.63, 3.8) is 0 Å². The van der Waals surface area contributed by atoms with Gasteiger partial charge in [0.15, 0.2) is 0 Å². The van der Waals surface area contributed by atoms with E-state index in [9.17, 15) is 8.42 Å². The molecule has 0 spiro atoms. The van der Waals surface area contributed by atoms with Gasteiger partial charge < -0.3 is 4.74 Å². The molecule has 2 aromatic rings. The van der Waals surface area contributed by atoms with Crippen LogP contribution >= 0.6 is 15.9 Å². The predicted octanol–water partition coefficient (Wildman–Crippen LogP) is 3.07. The molecule has 0 bridgehead atoms. The number of rotatable bonds is 6. The van der Waals surface area contributed by atoms with Crippen LogP contribution in [0.3, 0.4) is 0 Å². The number of sulfonamides is 1. The van der Waals surface area contributed by atoms with Gasteiger partial charge in [-0.05, 0) is 30.5 Å². The standard InChI is InChI=1S/C17H21BrN2O3S/c18-16-6-7-17(15-5-2-1-4-14(15)16)19-24(21,22)13-3-8-20-9-11-23-12-10-20/h1-2,4-7,19H,3,8-13H2. The predicted molar refractivity (Wildman–Crippen MR) is 101 cm³/mol. The minimum absolute atomic E-state index is 0.120. The summed E-state index contributed by atoms with van der Waals surface area (Å²) >= 11 is 3.50. The second-order valence-electron chi connectivity index (χ2n) is 5.87. The normalized spacial score (nSPS) is 16.4. The van der Waals surface area contributed by atoms with Gasteiger partial charge in [0, 0.05) is 22.9 Å². The SMILES string of the molecule is O=S(=O)(CCCN1CCOCC1)Nc1ccc(Br)c2ccccc12. The average Bonchev–Trinajstić information content (AvgIpc) is 2.58. The highest BCUT2D eigenvalue weighted by Gasteiger charge is 2.15. The monoisotopic (exact) mass is 412 g/mol. The first kappa shape index (κ1) is 17.7. The number of hydrogen-bond acceptors (Lipinski definition) is 4. The largest absolute Gasteiger partial charge is 0.379 e. The summed E-state index contributed by atoms with van der Waals surface area (Å²) < 4.78 is 33.8.